The Hall–Kier alpha value is -4.78. The summed E-state index contributed by atoms with van der Waals surface area (Å²) >= 11 is 6.58. The Kier molecular flexibility index (Phi) is 11.7. The van der Waals surface area contributed by atoms with E-state index in [0.29, 0.717) is 47.4 Å². The number of aliphatic hydroxyl groups is 2. The highest BCUT2D eigenvalue weighted by Crippen LogP contribution is 2.37. The molecule has 4 aromatic rings. The Balaban J connectivity index is 1.07. The average molecular weight is 706 g/mol. The summed E-state index contributed by atoms with van der Waals surface area (Å²) in [5, 5.41) is 33.8. The van der Waals surface area contributed by atoms with E-state index in [1.165, 1.54) is 0 Å². The van der Waals surface area contributed by atoms with Crippen LogP contribution in [0.15, 0.2) is 102 Å². The van der Waals surface area contributed by atoms with Crippen LogP contribution in [0.1, 0.15) is 40.7 Å². The van der Waals surface area contributed by atoms with Crippen molar-refractivity contribution in [3.05, 3.63) is 135 Å². The van der Waals surface area contributed by atoms with Crippen LogP contribution in [-0.4, -0.2) is 54.5 Å². The van der Waals surface area contributed by atoms with Crippen LogP contribution in [0.3, 0.4) is 0 Å². The highest BCUT2D eigenvalue weighted by atomic mass is 35.5. The predicted molar refractivity (Wildman–Crippen MR) is 200 cm³/mol. The van der Waals surface area contributed by atoms with Crippen LogP contribution in [0.25, 0.3) is 11.1 Å². The zero-order valence-corrected chi connectivity index (χ0v) is 29.9. The second-order valence-corrected chi connectivity index (χ2v) is 13.6. The van der Waals surface area contributed by atoms with Gasteiger partial charge >= 0.3 is 0 Å². The van der Waals surface area contributed by atoms with Crippen molar-refractivity contribution in [2.75, 3.05) is 39.4 Å². The third-order valence-corrected chi connectivity index (χ3v) is 9.99. The highest BCUT2D eigenvalue weighted by molar-refractivity contribution is 6.32. The Morgan fingerprint density at radius 2 is 1.65 bits per heavy atom. The molecule has 4 aromatic carbocycles. The minimum Gasteiger partial charge on any atom is -0.493 e. The fourth-order valence-electron chi connectivity index (χ4n) is 6.74. The topological polar surface area (TPSA) is 107 Å². The van der Waals surface area contributed by atoms with Crippen molar-refractivity contribution in [3.8, 4) is 34.4 Å². The number of likely N-dealkylation sites (tertiary alicyclic amines) is 1. The molecular formula is C42H44ClN3O5. The number of dihydropyridines is 1. The molecule has 1 saturated heterocycles. The zero-order chi connectivity index (χ0) is 35.8. The molecule has 9 heteroatoms. The molecular weight excluding hydrogens is 662 g/mol. The van der Waals surface area contributed by atoms with E-state index in [2.05, 4.69) is 42.3 Å². The van der Waals surface area contributed by atoms with Crippen LogP contribution >= 0.6 is 11.6 Å². The number of β-amino-alcohol motifs (C(OH)–C–C–N with tert-alkyl or cyclic N) is 1. The van der Waals surface area contributed by atoms with Gasteiger partial charge in [-0.15, -0.1) is 0 Å². The molecule has 1 atom stereocenters. The number of rotatable bonds is 14. The fourth-order valence-corrected chi connectivity index (χ4v) is 6.98. The minimum atomic E-state index is -0.786. The highest BCUT2D eigenvalue weighted by Gasteiger charge is 2.37. The number of hydrogen-bond acceptors (Lipinski definition) is 8. The summed E-state index contributed by atoms with van der Waals surface area (Å²) in [5.41, 5.74) is 7.56. The quantitative estimate of drug-likeness (QED) is 0.117. The number of hydrogen-bond donors (Lipinski definition) is 3. The molecule has 0 aliphatic carbocycles. The number of nitrogens with zero attached hydrogens (tertiary/aromatic N) is 2. The summed E-state index contributed by atoms with van der Waals surface area (Å²) in [5.74, 6) is 1.78. The van der Waals surface area contributed by atoms with Crippen molar-refractivity contribution in [3.63, 3.8) is 0 Å². The third kappa shape index (κ3) is 8.58. The summed E-state index contributed by atoms with van der Waals surface area (Å²) in [6, 6.07) is 27.8. The smallest absolute Gasteiger partial charge is 0.142 e. The molecule has 1 fully saturated rings. The minimum absolute atomic E-state index is 0.239. The first kappa shape index (κ1) is 36.0. The molecule has 1 unspecified atom stereocenters. The van der Waals surface area contributed by atoms with E-state index in [1.807, 2.05) is 54.6 Å². The Morgan fingerprint density at radius 1 is 0.882 bits per heavy atom. The largest absolute Gasteiger partial charge is 0.493 e. The summed E-state index contributed by atoms with van der Waals surface area (Å²) in [6.07, 6.45) is 5.07. The van der Waals surface area contributed by atoms with Crippen molar-refractivity contribution in [1.82, 2.24) is 10.2 Å². The van der Waals surface area contributed by atoms with Gasteiger partial charge in [-0.25, -0.2) is 0 Å². The lowest BCUT2D eigenvalue weighted by Gasteiger charge is -2.24. The van der Waals surface area contributed by atoms with E-state index >= 15 is 0 Å². The molecule has 8 nitrogen and oxygen atoms in total. The van der Waals surface area contributed by atoms with Gasteiger partial charge in [0.05, 0.1) is 23.8 Å². The number of ether oxygens (including phenoxy) is 3. The van der Waals surface area contributed by atoms with Crippen molar-refractivity contribution in [2.45, 2.75) is 45.5 Å². The van der Waals surface area contributed by atoms with Gasteiger partial charge in [-0.1, -0.05) is 72.3 Å². The zero-order valence-electron chi connectivity index (χ0n) is 29.1. The summed E-state index contributed by atoms with van der Waals surface area (Å²) in [6.45, 7) is 8.01. The lowest BCUT2D eigenvalue weighted by Crippen LogP contribution is -2.31. The van der Waals surface area contributed by atoms with Crippen LogP contribution in [-0.2, 0) is 18.8 Å². The lowest BCUT2D eigenvalue weighted by molar-refractivity contribution is 0.0456. The van der Waals surface area contributed by atoms with E-state index in [1.54, 1.807) is 24.4 Å². The molecule has 0 radical (unpaired) electrons. The lowest BCUT2D eigenvalue weighted by atomic mass is 9.93. The SMILES string of the molecule is Cc1c(COc2cc(OCC3=CC(C#N)=CNC3)c(CO)cc2Cl)cccc1-c1cccc(OCCCN2CCC(O)(c3ccccc3)C2)c1C. The molecule has 2 heterocycles. The van der Waals surface area contributed by atoms with Crippen LogP contribution < -0.4 is 19.5 Å². The van der Waals surface area contributed by atoms with Crippen LogP contribution in [0.4, 0.5) is 0 Å². The average Bonchev–Trinajstić information content (AvgIpc) is 3.55. The first-order valence-electron chi connectivity index (χ1n) is 17.3. The molecule has 51 heavy (non-hydrogen) atoms. The van der Waals surface area contributed by atoms with E-state index in [0.717, 1.165) is 70.6 Å². The van der Waals surface area contributed by atoms with Crippen LogP contribution in [0, 0.1) is 25.2 Å². The number of aliphatic hydroxyl groups excluding tert-OH is 1. The fraction of sp³-hybridized carbons (Fsp3) is 0.310. The Labute approximate surface area is 305 Å². The number of halogens is 1. The number of benzene rings is 4. The van der Waals surface area contributed by atoms with Gasteiger partial charge in [-0.3, -0.25) is 4.90 Å². The van der Waals surface area contributed by atoms with Gasteiger partial charge in [0.15, 0.2) is 0 Å². The van der Waals surface area contributed by atoms with Gasteiger partial charge in [-0.2, -0.15) is 5.26 Å². The van der Waals surface area contributed by atoms with Crippen LogP contribution in [0.5, 0.6) is 17.2 Å². The van der Waals surface area contributed by atoms with Crippen molar-refractivity contribution in [2.24, 2.45) is 0 Å². The van der Waals surface area contributed by atoms with E-state index < -0.39 is 5.60 Å². The molecule has 3 N–H and O–H groups in total. The van der Waals surface area contributed by atoms with Gasteiger partial charge < -0.3 is 29.7 Å². The molecule has 264 valence electrons. The van der Waals surface area contributed by atoms with Gasteiger partial charge in [0.25, 0.3) is 0 Å². The summed E-state index contributed by atoms with van der Waals surface area (Å²) < 4.78 is 18.6. The van der Waals surface area contributed by atoms with Crippen molar-refractivity contribution in [1.29, 1.82) is 5.26 Å². The Bertz CT molecular complexity index is 1950. The second kappa shape index (κ2) is 16.5. The van der Waals surface area contributed by atoms with Gasteiger partial charge in [-0.05, 0) is 83.9 Å². The number of allylic oxidation sites excluding steroid dienone is 2. The molecule has 0 aromatic heterocycles. The third-order valence-electron chi connectivity index (χ3n) is 9.69. The molecule has 6 rings (SSSR count). The number of nitriles is 1. The maximum atomic E-state index is 11.2. The second-order valence-electron chi connectivity index (χ2n) is 13.2. The maximum Gasteiger partial charge on any atom is 0.142 e. The van der Waals surface area contributed by atoms with E-state index in [9.17, 15) is 15.5 Å². The predicted octanol–water partition coefficient (Wildman–Crippen LogP) is 7.37. The standard InChI is InChI=1S/C42H44ClN3O5/c1-29-33(27-51-41-21-40(34(25-47)20-38(41)43)50-26-32-19-31(22-44)23-45-24-32)9-6-12-36(29)37-13-7-14-39(30(37)2)49-18-8-16-46-17-15-42(48,28-46)35-10-4-3-5-11-35/h3-7,9-14,19-21,23,45,47-48H,8,15-18,24-28H2,1-2H3. The maximum absolute atomic E-state index is 11.2. The van der Waals surface area contributed by atoms with E-state index in [-0.39, 0.29) is 19.8 Å². The summed E-state index contributed by atoms with van der Waals surface area (Å²) in [7, 11) is 0. The molecule has 0 spiro atoms. The molecule has 0 amide bonds. The molecule has 2 aliphatic heterocycles. The summed E-state index contributed by atoms with van der Waals surface area (Å²) in [4.78, 5) is 2.32. The van der Waals surface area contributed by atoms with Gasteiger partial charge in [0.1, 0.15) is 42.1 Å². The number of nitrogens with one attached hydrogen (secondary N) is 1. The Morgan fingerprint density at radius 3 is 2.43 bits per heavy atom. The van der Waals surface area contributed by atoms with Crippen LogP contribution in [0.2, 0.25) is 5.02 Å². The normalized spacial score (nSPS) is 17.3. The van der Waals surface area contributed by atoms with Gasteiger partial charge in [0.2, 0.25) is 0 Å². The molecule has 0 saturated carbocycles. The monoisotopic (exact) mass is 705 g/mol. The van der Waals surface area contributed by atoms with Crippen molar-refractivity contribution < 1.29 is 24.4 Å². The van der Waals surface area contributed by atoms with Crippen molar-refractivity contribution >= 4 is 11.6 Å². The first-order chi connectivity index (χ1) is 24.8. The molecule has 2 aliphatic rings. The van der Waals surface area contributed by atoms with E-state index in [4.69, 9.17) is 25.8 Å². The van der Waals surface area contributed by atoms with Gasteiger partial charge in [0, 0.05) is 44.0 Å². The molecule has 0 bridgehead atoms. The first-order valence-corrected chi connectivity index (χ1v) is 17.7.